The van der Waals surface area contributed by atoms with Gasteiger partial charge in [0.2, 0.25) is 0 Å². The predicted molar refractivity (Wildman–Crippen MR) is 71.0 cm³/mol. The maximum Gasteiger partial charge on any atom is 0.347 e. The number of aromatic nitrogens is 1. The van der Waals surface area contributed by atoms with Crippen LogP contribution in [0.3, 0.4) is 0 Å². The molecular weight excluding hydrogens is 302 g/mol. The second kappa shape index (κ2) is 6.58. The lowest BCUT2D eigenvalue weighted by Gasteiger charge is -2.09. The fraction of sp³-hybridized carbons (Fsp3) is 0.500. The number of unbranched alkanes of at least 4 members (excludes halogenated alkanes) is 1. The van der Waals surface area contributed by atoms with Crippen LogP contribution < -0.4 is 5.56 Å². The molecule has 0 fully saturated rings. The number of aromatic amines is 1. The van der Waals surface area contributed by atoms with E-state index >= 15 is 0 Å². The molecule has 5 nitrogen and oxygen atoms in total. The molecule has 18 heavy (non-hydrogen) atoms. The number of halogens is 1. The summed E-state index contributed by atoms with van der Waals surface area (Å²) in [5.41, 5.74) is -0.392. The van der Waals surface area contributed by atoms with Gasteiger partial charge in [0.05, 0.1) is 11.1 Å². The number of pyridine rings is 1. The third-order valence-corrected chi connectivity index (χ3v) is 3.32. The van der Waals surface area contributed by atoms with Crippen LogP contribution in [0.15, 0.2) is 9.27 Å². The van der Waals surface area contributed by atoms with Crippen molar-refractivity contribution in [2.75, 3.05) is 6.61 Å². The van der Waals surface area contributed by atoms with Crippen molar-refractivity contribution in [2.45, 2.75) is 33.1 Å². The van der Waals surface area contributed by atoms with E-state index in [4.69, 9.17) is 4.74 Å². The number of hydrogen-bond donors (Lipinski definition) is 2. The number of ether oxygens (including phenoxy) is 1. The monoisotopic (exact) mass is 317 g/mol. The highest BCUT2D eigenvalue weighted by molar-refractivity contribution is 9.10. The molecule has 0 saturated heterocycles. The number of H-pyrrole nitrogens is 1. The van der Waals surface area contributed by atoms with E-state index < -0.39 is 11.5 Å². The van der Waals surface area contributed by atoms with Gasteiger partial charge in [-0.15, -0.1) is 0 Å². The molecule has 100 valence electrons. The lowest BCUT2D eigenvalue weighted by Crippen LogP contribution is -2.21. The molecule has 0 aliphatic rings. The molecule has 1 aromatic rings. The molecule has 0 amide bonds. The summed E-state index contributed by atoms with van der Waals surface area (Å²) in [4.78, 5) is 25.9. The molecule has 0 bridgehead atoms. The molecule has 0 aromatic carbocycles. The molecule has 0 radical (unpaired) electrons. The van der Waals surface area contributed by atoms with Crippen molar-refractivity contribution >= 4 is 21.9 Å². The van der Waals surface area contributed by atoms with Gasteiger partial charge in [0.1, 0.15) is 0 Å². The van der Waals surface area contributed by atoms with E-state index in [0.717, 1.165) is 12.8 Å². The van der Waals surface area contributed by atoms with Crippen LogP contribution in [0.5, 0.6) is 5.75 Å². The zero-order valence-electron chi connectivity index (χ0n) is 10.4. The first kappa shape index (κ1) is 14.8. The highest BCUT2D eigenvalue weighted by Gasteiger charge is 2.22. The van der Waals surface area contributed by atoms with Gasteiger partial charge >= 0.3 is 5.97 Å². The average Bonchev–Trinajstić information content (AvgIpc) is 2.32. The summed E-state index contributed by atoms with van der Waals surface area (Å²) in [6, 6.07) is 0. The second-order valence-electron chi connectivity index (χ2n) is 3.79. The van der Waals surface area contributed by atoms with Crippen molar-refractivity contribution in [1.82, 2.24) is 4.98 Å². The summed E-state index contributed by atoms with van der Waals surface area (Å²) in [6.45, 7) is 3.81. The molecule has 0 aliphatic heterocycles. The first-order chi connectivity index (χ1) is 8.52. The Bertz CT molecular complexity index is 496. The number of aryl methyl sites for hydroxylation is 1. The lowest BCUT2D eigenvalue weighted by atomic mass is 10.1. The van der Waals surface area contributed by atoms with E-state index in [1.54, 1.807) is 6.92 Å². The average molecular weight is 318 g/mol. The predicted octanol–water partition coefficient (Wildman–Crippen LogP) is 2.36. The Morgan fingerprint density at radius 1 is 1.44 bits per heavy atom. The van der Waals surface area contributed by atoms with Crippen molar-refractivity contribution in [3.8, 4) is 5.75 Å². The number of rotatable bonds is 5. The van der Waals surface area contributed by atoms with Crippen LogP contribution >= 0.6 is 15.9 Å². The fourth-order valence-electron chi connectivity index (χ4n) is 1.53. The lowest BCUT2D eigenvalue weighted by molar-refractivity contribution is 0.0520. The molecule has 0 unspecified atom stereocenters. The van der Waals surface area contributed by atoms with Gasteiger partial charge in [-0.2, -0.15) is 0 Å². The number of carbonyl (C=O) groups excluding carboxylic acids is 1. The summed E-state index contributed by atoms with van der Waals surface area (Å²) in [5.74, 6) is -1.18. The summed E-state index contributed by atoms with van der Waals surface area (Å²) < 4.78 is 5.07. The minimum absolute atomic E-state index is 0.146. The molecule has 2 N–H and O–H groups in total. The van der Waals surface area contributed by atoms with E-state index in [1.807, 2.05) is 6.92 Å². The Kier molecular flexibility index (Phi) is 5.40. The highest BCUT2D eigenvalue weighted by Crippen LogP contribution is 2.29. The van der Waals surface area contributed by atoms with Crippen LogP contribution in [0, 0.1) is 0 Å². The second-order valence-corrected chi connectivity index (χ2v) is 4.59. The molecular formula is C12H16BrNO4. The number of aromatic hydroxyl groups is 1. The zero-order chi connectivity index (χ0) is 13.7. The van der Waals surface area contributed by atoms with E-state index in [2.05, 4.69) is 20.9 Å². The molecule has 1 heterocycles. The minimum Gasteiger partial charge on any atom is -0.506 e. The van der Waals surface area contributed by atoms with E-state index in [9.17, 15) is 14.7 Å². The molecule has 1 aromatic heterocycles. The molecule has 0 saturated carbocycles. The maximum absolute atomic E-state index is 11.8. The minimum atomic E-state index is -0.820. The van der Waals surface area contributed by atoms with Gasteiger partial charge in [-0.05, 0) is 35.7 Å². The van der Waals surface area contributed by atoms with Gasteiger partial charge in [0.25, 0.3) is 5.56 Å². The topological polar surface area (TPSA) is 79.4 Å². The quantitative estimate of drug-likeness (QED) is 0.817. The third-order valence-electron chi connectivity index (χ3n) is 2.46. The number of hydrogen-bond acceptors (Lipinski definition) is 4. The Hall–Kier alpha value is -1.30. The molecule has 0 spiro atoms. The number of esters is 1. The maximum atomic E-state index is 11.8. The van der Waals surface area contributed by atoms with Gasteiger partial charge in [0, 0.05) is 5.69 Å². The summed E-state index contributed by atoms with van der Waals surface area (Å²) in [6.07, 6.45) is 2.48. The van der Waals surface area contributed by atoms with Crippen LogP contribution in [0.2, 0.25) is 0 Å². The van der Waals surface area contributed by atoms with Crippen molar-refractivity contribution in [3.05, 3.63) is 26.1 Å². The normalized spacial score (nSPS) is 10.4. The summed E-state index contributed by atoms with van der Waals surface area (Å²) in [7, 11) is 0. The number of nitrogens with one attached hydrogen (secondary N) is 1. The highest BCUT2D eigenvalue weighted by atomic mass is 79.9. The van der Waals surface area contributed by atoms with Crippen molar-refractivity contribution < 1.29 is 14.6 Å². The summed E-state index contributed by atoms with van der Waals surface area (Å²) in [5, 5.41) is 9.89. The Morgan fingerprint density at radius 3 is 2.67 bits per heavy atom. The molecule has 6 heteroatoms. The van der Waals surface area contributed by atoms with E-state index in [1.165, 1.54) is 0 Å². The van der Waals surface area contributed by atoms with Crippen LogP contribution in [0.25, 0.3) is 0 Å². The zero-order valence-corrected chi connectivity index (χ0v) is 12.0. The van der Waals surface area contributed by atoms with Gasteiger partial charge in [0.15, 0.2) is 11.3 Å². The molecule has 0 aliphatic carbocycles. The van der Waals surface area contributed by atoms with E-state index in [0.29, 0.717) is 16.6 Å². The first-order valence-electron chi connectivity index (χ1n) is 5.83. The first-order valence-corrected chi connectivity index (χ1v) is 6.62. The summed E-state index contributed by atoms with van der Waals surface area (Å²) >= 11 is 3.19. The largest absolute Gasteiger partial charge is 0.506 e. The third kappa shape index (κ3) is 3.13. The molecule has 1 rings (SSSR count). The van der Waals surface area contributed by atoms with Crippen molar-refractivity contribution in [1.29, 1.82) is 0 Å². The standard InChI is InChI=1S/C12H16BrNO4/c1-3-5-6-7-9(13)10(15)8(11(16)14-7)12(17)18-4-2/h3-6H2,1-2H3,(H2,14,15,16). The molecule has 0 atom stereocenters. The van der Waals surface area contributed by atoms with Gasteiger partial charge in [-0.3, -0.25) is 4.79 Å². The van der Waals surface area contributed by atoms with Crippen molar-refractivity contribution in [2.24, 2.45) is 0 Å². The van der Waals surface area contributed by atoms with Crippen LogP contribution in [-0.4, -0.2) is 22.7 Å². The Balaban J connectivity index is 3.20. The fourth-order valence-corrected chi connectivity index (χ4v) is 2.03. The van der Waals surface area contributed by atoms with Gasteiger partial charge in [-0.1, -0.05) is 13.3 Å². The van der Waals surface area contributed by atoms with E-state index in [-0.39, 0.29) is 17.9 Å². The SMILES string of the molecule is CCCCc1[nH]c(=O)c(C(=O)OCC)c(O)c1Br. The number of carbonyl (C=O) groups is 1. The Labute approximate surface area is 113 Å². The van der Waals surface area contributed by atoms with Crippen LogP contribution in [0.4, 0.5) is 0 Å². The van der Waals surface area contributed by atoms with Crippen LogP contribution in [-0.2, 0) is 11.2 Å². The van der Waals surface area contributed by atoms with Crippen LogP contribution in [0.1, 0.15) is 42.7 Å². The van der Waals surface area contributed by atoms with Gasteiger partial charge in [-0.25, -0.2) is 4.79 Å². The smallest absolute Gasteiger partial charge is 0.347 e. The Morgan fingerprint density at radius 2 is 2.11 bits per heavy atom. The van der Waals surface area contributed by atoms with Crippen molar-refractivity contribution in [3.63, 3.8) is 0 Å². The van der Waals surface area contributed by atoms with Gasteiger partial charge < -0.3 is 14.8 Å².